The number of carbonyl (C=O) groups is 1. The highest BCUT2D eigenvalue weighted by atomic mass is 35.5. The van der Waals surface area contributed by atoms with E-state index in [-0.39, 0.29) is 5.91 Å². The van der Waals surface area contributed by atoms with Crippen LogP contribution in [0.1, 0.15) is 11.1 Å². The van der Waals surface area contributed by atoms with Crippen LogP contribution >= 0.6 is 11.6 Å². The van der Waals surface area contributed by atoms with Gasteiger partial charge in [0.15, 0.2) is 0 Å². The van der Waals surface area contributed by atoms with E-state index in [1.165, 1.54) is 0 Å². The first-order chi connectivity index (χ1) is 13.9. The topological polar surface area (TPSA) is 65.4 Å². The molecule has 0 spiro atoms. The maximum atomic E-state index is 13.4. The fraction of sp³-hybridized carbons (Fsp3) is 0.348. The number of rotatable bonds is 5. The maximum Gasteiger partial charge on any atom is 0.244 e. The Morgan fingerprint density at radius 2 is 2.10 bits per heavy atom. The number of hydrogen-bond donors (Lipinski definition) is 2. The second kappa shape index (κ2) is 8.19. The third kappa shape index (κ3) is 4.17. The van der Waals surface area contributed by atoms with Crippen LogP contribution in [0.5, 0.6) is 0 Å². The van der Waals surface area contributed by atoms with Gasteiger partial charge in [-0.15, -0.1) is 0 Å². The smallest absolute Gasteiger partial charge is 0.244 e. The monoisotopic (exact) mass is 410 g/mol. The number of carbonyl (C=O) groups excluding carboxylic acids is 1. The van der Waals surface area contributed by atoms with Crippen molar-refractivity contribution < 1.29 is 4.79 Å². The van der Waals surface area contributed by atoms with Gasteiger partial charge in [-0.05, 0) is 62.2 Å². The van der Waals surface area contributed by atoms with Crippen molar-refractivity contribution in [3.8, 4) is 0 Å². The molecule has 152 valence electrons. The molecule has 1 aliphatic rings. The van der Waals surface area contributed by atoms with Gasteiger partial charge in [-0.1, -0.05) is 35.9 Å². The van der Waals surface area contributed by atoms with Crippen molar-refractivity contribution in [2.24, 2.45) is 11.7 Å². The molecule has 2 atom stereocenters. The molecule has 0 radical (unpaired) electrons. The number of aromatic amines is 1. The van der Waals surface area contributed by atoms with Crippen molar-refractivity contribution >= 4 is 34.1 Å². The average Bonchev–Trinajstić information content (AvgIpc) is 3.09. The second-order valence-electron chi connectivity index (χ2n) is 8.22. The highest BCUT2D eigenvalue weighted by molar-refractivity contribution is 6.31. The number of hydrogen-bond acceptors (Lipinski definition) is 3. The molecule has 1 amide bonds. The number of aromatic nitrogens is 1. The molecule has 0 fully saturated rings. The Labute approximate surface area is 176 Å². The average molecular weight is 411 g/mol. The lowest BCUT2D eigenvalue weighted by Crippen LogP contribution is -2.50. The van der Waals surface area contributed by atoms with E-state index in [4.69, 9.17) is 17.3 Å². The summed E-state index contributed by atoms with van der Waals surface area (Å²) in [6, 6.07) is 13.3. The lowest BCUT2D eigenvalue weighted by Gasteiger charge is -2.37. The summed E-state index contributed by atoms with van der Waals surface area (Å²) in [5, 5.41) is 1.75. The minimum absolute atomic E-state index is 0.0535. The predicted octanol–water partition coefficient (Wildman–Crippen LogP) is 3.46. The lowest BCUT2D eigenvalue weighted by atomic mass is 9.91. The molecule has 0 bridgehead atoms. The van der Waals surface area contributed by atoms with Gasteiger partial charge in [-0.3, -0.25) is 4.79 Å². The quantitative estimate of drug-likeness (QED) is 0.677. The largest absolute Gasteiger partial charge is 0.361 e. The summed E-state index contributed by atoms with van der Waals surface area (Å²) in [7, 11) is 4.12. The summed E-state index contributed by atoms with van der Waals surface area (Å²) in [6.45, 7) is 1.58. The molecule has 0 unspecified atom stereocenters. The van der Waals surface area contributed by atoms with E-state index in [0.717, 1.165) is 40.7 Å². The summed E-state index contributed by atoms with van der Waals surface area (Å²) in [4.78, 5) is 20.7. The van der Waals surface area contributed by atoms with Crippen molar-refractivity contribution in [2.45, 2.75) is 18.9 Å². The number of nitrogens with one attached hydrogen (secondary N) is 1. The Balaban J connectivity index is 1.59. The maximum absolute atomic E-state index is 13.4. The van der Waals surface area contributed by atoms with E-state index in [1.54, 1.807) is 0 Å². The number of H-pyrrole nitrogens is 1. The van der Waals surface area contributed by atoms with Gasteiger partial charge in [-0.2, -0.15) is 0 Å². The molecule has 2 aromatic carbocycles. The molecule has 0 saturated heterocycles. The second-order valence-corrected chi connectivity index (χ2v) is 8.66. The highest BCUT2D eigenvalue weighted by Gasteiger charge is 2.32. The van der Waals surface area contributed by atoms with Crippen LogP contribution in [-0.4, -0.2) is 49.0 Å². The van der Waals surface area contributed by atoms with Crippen LogP contribution in [-0.2, 0) is 17.6 Å². The molecular formula is C23H27ClN4O. The van der Waals surface area contributed by atoms with Gasteiger partial charge in [0.1, 0.15) is 0 Å². The van der Waals surface area contributed by atoms with Crippen molar-refractivity contribution in [2.75, 3.05) is 32.1 Å². The number of para-hydroxylation sites is 1. The van der Waals surface area contributed by atoms with Crippen LogP contribution in [0.4, 0.5) is 5.69 Å². The van der Waals surface area contributed by atoms with E-state index in [1.807, 2.05) is 47.5 Å². The van der Waals surface area contributed by atoms with E-state index in [2.05, 4.69) is 30.0 Å². The van der Waals surface area contributed by atoms with Crippen LogP contribution in [0.3, 0.4) is 0 Å². The lowest BCUT2D eigenvalue weighted by molar-refractivity contribution is -0.120. The Morgan fingerprint density at radius 3 is 2.90 bits per heavy atom. The van der Waals surface area contributed by atoms with E-state index in [9.17, 15) is 4.79 Å². The van der Waals surface area contributed by atoms with Gasteiger partial charge in [0.2, 0.25) is 5.91 Å². The molecule has 6 heteroatoms. The molecule has 4 rings (SSSR count). The van der Waals surface area contributed by atoms with Crippen LogP contribution in [0.2, 0.25) is 5.02 Å². The van der Waals surface area contributed by atoms with E-state index < -0.39 is 6.04 Å². The molecule has 1 aliphatic heterocycles. The number of benzene rings is 2. The molecule has 0 saturated carbocycles. The number of anilines is 1. The van der Waals surface area contributed by atoms with Gasteiger partial charge in [0.25, 0.3) is 0 Å². The zero-order valence-corrected chi connectivity index (χ0v) is 17.6. The Morgan fingerprint density at radius 1 is 1.31 bits per heavy atom. The van der Waals surface area contributed by atoms with Crippen molar-refractivity contribution in [1.82, 2.24) is 9.88 Å². The van der Waals surface area contributed by atoms with Gasteiger partial charge >= 0.3 is 0 Å². The minimum Gasteiger partial charge on any atom is -0.361 e. The van der Waals surface area contributed by atoms with Crippen LogP contribution in [0.15, 0.2) is 48.7 Å². The van der Waals surface area contributed by atoms with Crippen molar-refractivity contribution in [1.29, 1.82) is 0 Å². The third-order valence-electron chi connectivity index (χ3n) is 5.61. The van der Waals surface area contributed by atoms with E-state index in [0.29, 0.717) is 23.9 Å². The molecule has 5 nitrogen and oxygen atoms in total. The molecule has 0 aliphatic carbocycles. The molecule has 29 heavy (non-hydrogen) atoms. The van der Waals surface area contributed by atoms with Crippen LogP contribution in [0.25, 0.3) is 10.9 Å². The first-order valence-corrected chi connectivity index (χ1v) is 10.4. The predicted molar refractivity (Wildman–Crippen MR) is 120 cm³/mol. The summed E-state index contributed by atoms with van der Waals surface area (Å²) in [5.74, 6) is 0.310. The SMILES string of the molecule is CN(C)C[C@@H]1Cc2ccc(Cl)cc2N(C(=O)[C@H](N)Cc2c[nH]c3ccccc23)C1. The molecule has 3 aromatic rings. The Hall–Kier alpha value is -2.34. The summed E-state index contributed by atoms with van der Waals surface area (Å²) in [5.41, 5.74) is 10.6. The standard InChI is InChI=1S/C23H27ClN4O/c1-27(2)13-15-9-16-7-8-18(24)11-22(16)28(14-15)23(29)20(25)10-17-12-26-21-6-4-3-5-19(17)21/h3-8,11-12,15,20,26H,9-10,13-14,25H2,1-2H3/t15-,20+/m0/s1. The number of fused-ring (bicyclic) bond motifs is 2. The highest BCUT2D eigenvalue weighted by Crippen LogP contribution is 2.33. The summed E-state index contributed by atoms with van der Waals surface area (Å²) >= 11 is 6.25. The number of nitrogens with two attached hydrogens (primary N) is 1. The Bertz CT molecular complexity index is 1030. The zero-order chi connectivity index (χ0) is 20.5. The normalized spacial score (nSPS) is 17.6. The fourth-order valence-electron chi connectivity index (χ4n) is 4.37. The third-order valence-corrected chi connectivity index (χ3v) is 5.84. The first-order valence-electron chi connectivity index (χ1n) is 9.97. The van der Waals surface area contributed by atoms with Gasteiger partial charge in [0.05, 0.1) is 6.04 Å². The fourth-order valence-corrected chi connectivity index (χ4v) is 4.53. The number of nitrogens with zero attached hydrogens (tertiary/aromatic N) is 2. The Kier molecular flexibility index (Phi) is 5.63. The zero-order valence-electron chi connectivity index (χ0n) is 16.9. The number of amides is 1. The molecule has 3 N–H and O–H groups in total. The summed E-state index contributed by atoms with van der Waals surface area (Å²) in [6.07, 6.45) is 3.38. The van der Waals surface area contributed by atoms with Crippen molar-refractivity contribution in [3.63, 3.8) is 0 Å². The van der Waals surface area contributed by atoms with E-state index >= 15 is 0 Å². The molecule has 1 aromatic heterocycles. The molecule has 2 heterocycles. The summed E-state index contributed by atoms with van der Waals surface area (Å²) < 4.78 is 0. The van der Waals surface area contributed by atoms with Crippen LogP contribution in [0, 0.1) is 5.92 Å². The van der Waals surface area contributed by atoms with Gasteiger partial charge < -0.3 is 20.5 Å². The van der Waals surface area contributed by atoms with Crippen molar-refractivity contribution in [3.05, 3.63) is 64.8 Å². The van der Waals surface area contributed by atoms with Gasteiger partial charge in [-0.25, -0.2) is 0 Å². The van der Waals surface area contributed by atoms with Crippen LogP contribution < -0.4 is 10.6 Å². The number of halogens is 1. The first kappa shape index (κ1) is 20.0. The minimum atomic E-state index is -0.612. The molecular weight excluding hydrogens is 384 g/mol. The van der Waals surface area contributed by atoms with Gasteiger partial charge in [0, 0.05) is 40.9 Å².